The zero-order valence-electron chi connectivity index (χ0n) is 19.8. The number of benzene rings is 2. The largest absolute Gasteiger partial charge is 0.480 e. The van der Waals surface area contributed by atoms with Crippen LogP contribution in [0, 0.1) is 5.92 Å². The number of hydrogen-bond acceptors (Lipinski definition) is 4. The van der Waals surface area contributed by atoms with Crippen LogP contribution >= 0.6 is 0 Å². The molecule has 3 atom stereocenters. The number of amides is 2. The highest BCUT2D eigenvalue weighted by atomic mass is 16.5. The van der Waals surface area contributed by atoms with E-state index in [0.717, 1.165) is 32.1 Å². The number of alkyl carbamates (subject to hydrolysis) is 1. The van der Waals surface area contributed by atoms with Gasteiger partial charge in [0, 0.05) is 24.4 Å². The number of carbonyl (C=O) groups excluding carboxylic acids is 2. The third kappa shape index (κ3) is 4.77. The number of hydrogen-bond donors (Lipinski definition) is 2. The number of nitrogens with zero attached hydrogens (tertiary/aromatic N) is 1. The van der Waals surface area contributed by atoms with Crippen LogP contribution in [0.3, 0.4) is 0 Å². The first-order valence-electron chi connectivity index (χ1n) is 12.7. The molecule has 0 unspecified atom stereocenters. The minimum Gasteiger partial charge on any atom is -0.480 e. The van der Waals surface area contributed by atoms with Crippen molar-refractivity contribution in [2.75, 3.05) is 13.2 Å². The van der Waals surface area contributed by atoms with Crippen molar-refractivity contribution in [3.05, 3.63) is 59.7 Å². The van der Waals surface area contributed by atoms with Gasteiger partial charge < -0.3 is 20.1 Å². The molecule has 5 rings (SSSR count). The van der Waals surface area contributed by atoms with Crippen molar-refractivity contribution in [3.8, 4) is 11.1 Å². The Kier molecular flexibility index (Phi) is 6.75. The Hall–Kier alpha value is -3.35. The van der Waals surface area contributed by atoms with E-state index in [2.05, 4.69) is 29.6 Å². The van der Waals surface area contributed by atoms with Gasteiger partial charge in [0.1, 0.15) is 12.6 Å². The highest BCUT2D eigenvalue weighted by Crippen LogP contribution is 2.44. The number of aliphatic carboxylic acids is 1. The van der Waals surface area contributed by atoms with Gasteiger partial charge >= 0.3 is 12.1 Å². The standard InChI is InChI=1S/C28H32N2O5/c31-26(30-15-6-5-14-25(30)27(32)33)18-8-7-9-19(16-18)29-28(34)35-17-24-22-12-3-1-10-20(22)21-11-2-4-13-23(21)24/h1-4,10-13,18-19,24-25H,5-9,14-17H2,(H,29,34)(H,32,33)/t18-,19-,25-/m1/s1. The lowest BCUT2D eigenvalue weighted by Gasteiger charge is -2.37. The van der Waals surface area contributed by atoms with Crippen molar-refractivity contribution in [1.29, 1.82) is 0 Å². The van der Waals surface area contributed by atoms with Crippen LogP contribution in [0.15, 0.2) is 48.5 Å². The quantitative estimate of drug-likeness (QED) is 0.660. The van der Waals surface area contributed by atoms with Crippen molar-refractivity contribution in [2.45, 2.75) is 62.9 Å². The Morgan fingerprint density at radius 1 is 0.914 bits per heavy atom. The van der Waals surface area contributed by atoms with Crippen LogP contribution in [-0.4, -0.2) is 53.2 Å². The van der Waals surface area contributed by atoms with E-state index < -0.39 is 18.1 Å². The fourth-order valence-corrected chi connectivity index (χ4v) is 6.04. The second-order valence-corrected chi connectivity index (χ2v) is 9.91. The zero-order valence-corrected chi connectivity index (χ0v) is 19.8. The fourth-order valence-electron chi connectivity index (χ4n) is 6.04. The normalized spacial score (nSPS) is 23.8. The Morgan fingerprint density at radius 2 is 1.60 bits per heavy atom. The lowest BCUT2D eigenvalue weighted by atomic mass is 9.84. The van der Waals surface area contributed by atoms with Crippen LogP contribution in [0.5, 0.6) is 0 Å². The number of rotatable bonds is 5. The smallest absolute Gasteiger partial charge is 0.407 e. The number of likely N-dealkylation sites (tertiary alicyclic amines) is 1. The van der Waals surface area contributed by atoms with Crippen LogP contribution < -0.4 is 5.32 Å². The number of fused-ring (bicyclic) bond motifs is 3. The molecule has 1 heterocycles. The van der Waals surface area contributed by atoms with Gasteiger partial charge in [0.05, 0.1) is 0 Å². The maximum atomic E-state index is 13.2. The van der Waals surface area contributed by atoms with Gasteiger partial charge in [-0.1, -0.05) is 55.0 Å². The van der Waals surface area contributed by atoms with Gasteiger partial charge in [0.2, 0.25) is 5.91 Å². The predicted molar refractivity (Wildman–Crippen MR) is 131 cm³/mol. The molecule has 2 amide bonds. The van der Waals surface area contributed by atoms with Gasteiger partial charge in [-0.05, 0) is 60.8 Å². The van der Waals surface area contributed by atoms with Crippen molar-refractivity contribution >= 4 is 18.0 Å². The van der Waals surface area contributed by atoms with E-state index in [4.69, 9.17) is 4.74 Å². The van der Waals surface area contributed by atoms with E-state index in [1.807, 2.05) is 24.3 Å². The predicted octanol–water partition coefficient (Wildman–Crippen LogP) is 4.55. The van der Waals surface area contributed by atoms with Crippen LogP contribution in [0.1, 0.15) is 62.0 Å². The van der Waals surface area contributed by atoms with Crippen LogP contribution in [-0.2, 0) is 14.3 Å². The summed E-state index contributed by atoms with van der Waals surface area (Å²) in [6.07, 6.45) is 4.56. The summed E-state index contributed by atoms with van der Waals surface area (Å²) in [6, 6.07) is 15.6. The average molecular weight is 477 g/mol. The van der Waals surface area contributed by atoms with Crippen molar-refractivity contribution in [3.63, 3.8) is 0 Å². The topological polar surface area (TPSA) is 95.9 Å². The third-order valence-corrected chi connectivity index (χ3v) is 7.76. The molecule has 184 valence electrons. The van der Waals surface area contributed by atoms with Crippen molar-refractivity contribution in [2.24, 2.45) is 5.92 Å². The Labute approximate surface area is 205 Å². The second-order valence-electron chi connectivity index (χ2n) is 9.91. The first-order valence-corrected chi connectivity index (χ1v) is 12.7. The van der Waals surface area contributed by atoms with E-state index >= 15 is 0 Å². The van der Waals surface area contributed by atoms with Crippen LogP contribution in [0.4, 0.5) is 4.79 Å². The molecule has 0 bridgehead atoms. The number of carboxylic acid groups (broad SMARTS) is 1. The molecule has 35 heavy (non-hydrogen) atoms. The first-order chi connectivity index (χ1) is 17.0. The van der Waals surface area contributed by atoms with E-state index in [0.29, 0.717) is 19.4 Å². The molecule has 1 aliphatic heterocycles. The molecule has 7 nitrogen and oxygen atoms in total. The molecule has 2 aromatic rings. The van der Waals surface area contributed by atoms with E-state index in [-0.39, 0.29) is 30.4 Å². The number of carboxylic acids is 1. The van der Waals surface area contributed by atoms with Gasteiger partial charge in [-0.25, -0.2) is 9.59 Å². The fraction of sp³-hybridized carbons (Fsp3) is 0.464. The number of ether oxygens (including phenoxy) is 1. The highest BCUT2D eigenvalue weighted by Gasteiger charge is 2.38. The maximum absolute atomic E-state index is 13.2. The SMILES string of the molecule is O=C(N[C@@H]1CCC[C@@H](C(=O)N2CCCC[C@@H]2C(=O)O)C1)OCC1c2ccccc2-c2ccccc21. The molecule has 2 aliphatic carbocycles. The Morgan fingerprint density at radius 3 is 2.29 bits per heavy atom. The van der Waals surface area contributed by atoms with Gasteiger partial charge in [0.25, 0.3) is 0 Å². The number of piperidine rings is 1. The molecule has 0 aromatic heterocycles. The Balaban J connectivity index is 1.18. The molecule has 1 saturated carbocycles. The molecular weight excluding hydrogens is 444 g/mol. The van der Waals surface area contributed by atoms with E-state index in [1.54, 1.807) is 4.90 Å². The zero-order chi connectivity index (χ0) is 24.4. The summed E-state index contributed by atoms with van der Waals surface area (Å²) in [5, 5.41) is 12.5. The molecule has 2 N–H and O–H groups in total. The lowest BCUT2D eigenvalue weighted by Crippen LogP contribution is -2.51. The molecule has 0 spiro atoms. The van der Waals surface area contributed by atoms with Gasteiger partial charge in [-0.15, -0.1) is 0 Å². The third-order valence-electron chi connectivity index (χ3n) is 7.76. The Bertz CT molecular complexity index is 1070. The minimum atomic E-state index is -0.929. The van der Waals surface area contributed by atoms with E-state index in [9.17, 15) is 19.5 Å². The summed E-state index contributed by atoms with van der Waals surface area (Å²) in [5.41, 5.74) is 4.70. The summed E-state index contributed by atoms with van der Waals surface area (Å²) in [4.78, 5) is 39.0. The maximum Gasteiger partial charge on any atom is 0.407 e. The highest BCUT2D eigenvalue weighted by molar-refractivity contribution is 5.85. The first kappa shape index (κ1) is 23.4. The summed E-state index contributed by atoms with van der Waals surface area (Å²) < 4.78 is 5.68. The van der Waals surface area contributed by atoms with Gasteiger partial charge in [0.15, 0.2) is 0 Å². The van der Waals surface area contributed by atoms with Crippen molar-refractivity contribution in [1.82, 2.24) is 10.2 Å². The van der Waals surface area contributed by atoms with Crippen molar-refractivity contribution < 1.29 is 24.2 Å². The summed E-state index contributed by atoms with van der Waals surface area (Å²) in [5.74, 6) is -1.28. The summed E-state index contributed by atoms with van der Waals surface area (Å²) >= 11 is 0. The van der Waals surface area contributed by atoms with Crippen LogP contribution in [0.2, 0.25) is 0 Å². The monoisotopic (exact) mass is 476 g/mol. The average Bonchev–Trinajstić information content (AvgIpc) is 3.21. The minimum absolute atomic E-state index is 0.000820. The van der Waals surface area contributed by atoms with Gasteiger partial charge in [-0.2, -0.15) is 0 Å². The molecular formula is C28H32N2O5. The lowest BCUT2D eigenvalue weighted by molar-refractivity contribution is -0.154. The number of nitrogens with one attached hydrogen (secondary N) is 1. The molecule has 1 saturated heterocycles. The van der Waals surface area contributed by atoms with E-state index in [1.165, 1.54) is 22.3 Å². The molecule has 0 radical (unpaired) electrons. The number of carbonyl (C=O) groups is 3. The molecule has 7 heteroatoms. The van der Waals surface area contributed by atoms with Crippen LogP contribution in [0.25, 0.3) is 11.1 Å². The second kappa shape index (κ2) is 10.1. The van der Waals surface area contributed by atoms with Gasteiger partial charge in [-0.3, -0.25) is 4.79 Å². The molecule has 2 aromatic carbocycles. The molecule has 2 fully saturated rings. The summed E-state index contributed by atoms with van der Waals surface area (Å²) in [7, 11) is 0. The molecule has 3 aliphatic rings. The summed E-state index contributed by atoms with van der Waals surface area (Å²) in [6.45, 7) is 0.750.